The van der Waals surface area contributed by atoms with Crippen LogP contribution in [0, 0.1) is 11.3 Å². The second-order valence-electron chi connectivity index (χ2n) is 3.17. The molecule has 1 atom stereocenters. The number of hydrogen-bond acceptors (Lipinski definition) is 6. The second-order valence-corrected chi connectivity index (χ2v) is 3.17. The summed E-state index contributed by atoms with van der Waals surface area (Å²) in [6.45, 7) is 1.79. The van der Waals surface area contributed by atoms with Crippen LogP contribution in [-0.2, 0) is 0 Å². The van der Waals surface area contributed by atoms with E-state index < -0.39 is 0 Å². The third-order valence-electron chi connectivity index (χ3n) is 1.93. The molecule has 2 aromatic rings. The van der Waals surface area contributed by atoms with E-state index in [-0.39, 0.29) is 11.7 Å². The van der Waals surface area contributed by atoms with Crippen molar-refractivity contribution in [1.82, 2.24) is 24.7 Å². The molecule has 0 aliphatic carbocycles. The van der Waals surface area contributed by atoms with Crippen molar-refractivity contribution in [2.45, 2.75) is 13.0 Å². The van der Waals surface area contributed by atoms with Gasteiger partial charge >= 0.3 is 0 Å². The second kappa shape index (κ2) is 4.04. The van der Waals surface area contributed by atoms with Gasteiger partial charge < -0.3 is 5.73 Å². The Kier molecular flexibility index (Phi) is 2.57. The van der Waals surface area contributed by atoms with Crippen LogP contribution in [0.5, 0.6) is 0 Å². The summed E-state index contributed by atoms with van der Waals surface area (Å²) < 4.78 is 1.42. The van der Waals surface area contributed by atoms with E-state index in [1.165, 1.54) is 23.3 Å². The molecule has 7 nitrogen and oxygen atoms in total. The molecule has 2 N–H and O–H groups in total. The summed E-state index contributed by atoms with van der Waals surface area (Å²) in [5.41, 5.74) is 6.00. The average molecular weight is 215 g/mol. The highest BCUT2D eigenvalue weighted by Gasteiger charge is 2.12. The van der Waals surface area contributed by atoms with Gasteiger partial charge in [-0.05, 0) is 13.0 Å². The first-order chi connectivity index (χ1) is 7.72. The molecule has 0 amide bonds. The van der Waals surface area contributed by atoms with E-state index in [1.54, 1.807) is 6.92 Å². The minimum atomic E-state index is -0.281. The zero-order chi connectivity index (χ0) is 11.5. The van der Waals surface area contributed by atoms with Crippen molar-refractivity contribution in [3.05, 3.63) is 30.1 Å². The molecule has 2 rings (SSSR count). The summed E-state index contributed by atoms with van der Waals surface area (Å²) in [6, 6.07) is 3.17. The summed E-state index contributed by atoms with van der Waals surface area (Å²) in [6.07, 6.45) is 2.87. The third-order valence-corrected chi connectivity index (χ3v) is 1.93. The van der Waals surface area contributed by atoms with Crippen LogP contribution in [0.25, 0.3) is 5.95 Å². The van der Waals surface area contributed by atoms with Gasteiger partial charge in [-0.3, -0.25) is 0 Å². The van der Waals surface area contributed by atoms with Crippen LogP contribution in [0.1, 0.15) is 24.5 Å². The molecule has 0 bridgehead atoms. The van der Waals surface area contributed by atoms with Crippen molar-refractivity contribution in [2.75, 3.05) is 0 Å². The number of hydrogen-bond donors (Lipinski definition) is 1. The molecule has 0 aliphatic heterocycles. The van der Waals surface area contributed by atoms with Gasteiger partial charge in [0.15, 0.2) is 5.82 Å². The standard InChI is InChI=1S/C9H9N7/c1-6(11)8-13-5-14-16(8)9-12-3-2-7(4-10)15-9/h2-3,5-6H,11H2,1H3. The molecule has 1 unspecified atom stereocenters. The van der Waals surface area contributed by atoms with Crippen LogP contribution in [0.2, 0.25) is 0 Å². The maximum absolute atomic E-state index is 8.73. The molecular weight excluding hydrogens is 206 g/mol. The van der Waals surface area contributed by atoms with Crippen molar-refractivity contribution in [3.8, 4) is 12.0 Å². The molecule has 0 saturated carbocycles. The lowest BCUT2D eigenvalue weighted by Crippen LogP contribution is -2.15. The molecule has 2 aromatic heterocycles. The zero-order valence-corrected chi connectivity index (χ0v) is 8.57. The quantitative estimate of drug-likeness (QED) is 0.752. The smallest absolute Gasteiger partial charge is 0.253 e. The molecule has 2 heterocycles. The number of nitrogens with two attached hydrogens (primary N) is 1. The number of nitriles is 1. The van der Waals surface area contributed by atoms with E-state index in [0.29, 0.717) is 11.8 Å². The van der Waals surface area contributed by atoms with Crippen LogP contribution in [0.15, 0.2) is 18.6 Å². The van der Waals surface area contributed by atoms with Gasteiger partial charge in [0.2, 0.25) is 0 Å². The molecule has 0 fully saturated rings. The van der Waals surface area contributed by atoms with Gasteiger partial charge in [-0.15, -0.1) is 0 Å². The molecule has 0 spiro atoms. The van der Waals surface area contributed by atoms with Gasteiger partial charge in [0, 0.05) is 6.20 Å². The number of rotatable bonds is 2. The first-order valence-electron chi connectivity index (χ1n) is 4.61. The molecular formula is C9H9N7. The summed E-state index contributed by atoms with van der Waals surface area (Å²) in [5, 5.41) is 12.7. The Bertz CT molecular complexity index is 537. The lowest BCUT2D eigenvalue weighted by molar-refractivity contribution is 0.668. The Balaban J connectivity index is 2.51. The van der Waals surface area contributed by atoms with Crippen molar-refractivity contribution in [2.24, 2.45) is 5.73 Å². The van der Waals surface area contributed by atoms with Crippen LogP contribution in [-0.4, -0.2) is 24.7 Å². The summed E-state index contributed by atoms with van der Waals surface area (Å²) in [4.78, 5) is 12.0. The van der Waals surface area contributed by atoms with Crippen molar-refractivity contribution in [3.63, 3.8) is 0 Å². The predicted molar refractivity (Wildman–Crippen MR) is 54.3 cm³/mol. The third kappa shape index (κ3) is 1.74. The van der Waals surface area contributed by atoms with E-state index in [9.17, 15) is 0 Å². The Morgan fingerprint density at radius 1 is 1.50 bits per heavy atom. The molecule has 0 aromatic carbocycles. The first kappa shape index (κ1) is 10.2. The van der Waals surface area contributed by atoms with E-state index in [0.717, 1.165) is 0 Å². The first-order valence-corrected chi connectivity index (χ1v) is 4.61. The van der Waals surface area contributed by atoms with Gasteiger partial charge in [0.1, 0.15) is 18.1 Å². The maximum Gasteiger partial charge on any atom is 0.253 e. The minimum absolute atomic E-state index is 0.274. The fraction of sp³-hybridized carbons (Fsp3) is 0.222. The maximum atomic E-state index is 8.73. The topological polar surface area (TPSA) is 106 Å². The van der Waals surface area contributed by atoms with Crippen LogP contribution in [0.3, 0.4) is 0 Å². The lowest BCUT2D eigenvalue weighted by atomic mass is 10.3. The average Bonchev–Trinajstić information content (AvgIpc) is 2.78. The van der Waals surface area contributed by atoms with Crippen molar-refractivity contribution >= 4 is 0 Å². The van der Waals surface area contributed by atoms with Gasteiger partial charge in [-0.2, -0.15) is 15.0 Å². The van der Waals surface area contributed by atoms with Crippen LogP contribution >= 0.6 is 0 Å². The van der Waals surface area contributed by atoms with E-state index in [4.69, 9.17) is 11.0 Å². The normalized spacial score (nSPS) is 12.1. The van der Waals surface area contributed by atoms with Crippen molar-refractivity contribution in [1.29, 1.82) is 5.26 Å². The van der Waals surface area contributed by atoms with Gasteiger partial charge in [-0.1, -0.05) is 0 Å². The Morgan fingerprint density at radius 3 is 3.00 bits per heavy atom. The van der Waals surface area contributed by atoms with Gasteiger partial charge in [0.25, 0.3) is 5.95 Å². The zero-order valence-electron chi connectivity index (χ0n) is 8.57. The monoisotopic (exact) mass is 215 g/mol. The van der Waals surface area contributed by atoms with Crippen LogP contribution in [0.4, 0.5) is 0 Å². The van der Waals surface area contributed by atoms with Crippen molar-refractivity contribution < 1.29 is 0 Å². The fourth-order valence-electron chi connectivity index (χ4n) is 1.23. The molecule has 0 aliphatic rings. The molecule has 16 heavy (non-hydrogen) atoms. The molecule has 80 valence electrons. The molecule has 0 radical (unpaired) electrons. The lowest BCUT2D eigenvalue weighted by Gasteiger charge is -2.06. The largest absolute Gasteiger partial charge is 0.322 e. The van der Waals surface area contributed by atoms with Gasteiger partial charge in [0.05, 0.1) is 6.04 Å². The van der Waals surface area contributed by atoms with E-state index in [1.807, 2.05) is 6.07 Å². The fourth-order valence-corrected chi connectivity index (χ4v) is 1.23. The Morgan fingerprint density at radius 2 is 2.31 bits per heavy atom. The highest BCUT2D eigenvalue weighted by Crippen LogP contribution is 2.08. The highest BCUT2D eigenvalue weighted by atomic mass is 15.4. The number of nitrogens with zero attached hydrogens (tertiary/aromatic N) is 6. The van der Waals surface area contributed by atoms with Gasteiger partial charge in [-0.25, -0.2) is 15.0 Å². The van der Waals surface area contributed by atoms with E-state index >= 15 is 0 Å². The predicted octanol–water partition coefficient (Wildman–Crippen LogP) is -0.0513. The molecule has 0 saturated heterocycles. The Labute approximate surface area is 91.6 Å². The SMILES string of the molecule is CC(N)c1ncnn1-c1nccc(C#N)n1. The summed E-state index contributed by atoms with van der Waals surface area (Å²) in [5.74, 6) is 0.846. The highest BCUT2D eigenvalue weighted by molar-refractivity contribution is 5.23. The van der Waals surface area contributed by atoms with E-state index in [2.05, 4.69) is 20.1 Å². The Hall–Kier alpha value is -2.33. The molecule has 7 heteroatoms. The number of aromatic nitrogens is 5. The summed E-state index contributed by atoms with van der Waals surface area (Å²) >= 11 is 0. The summed E-state index contributed by atoms with van der Waals surface area (Å²) in [7, 11) is 0. The van der Waals surface area contributed by atoms with Crippen LogP contribution < -0.4 is 5.73 Å². The minimum Gasteiger partial charge on any atom is -0.322 e.